The topological polar surface area (TPSA) is 41.0 Å². The van der Waals surface area contributed by atoms with Crippen LogP contribution in [0.3, 0.4) is 0 Å². The van der Waals surface area contributed by atoms with E-state index < -0.39 is 0 Å². The molecule has 22 heavy (non-hydrogen) atoms. The second-order valence-corrected chi connectivity index (χ2v) is 6.14. The average Bonchev–Trinajstić information content (AvgIpc) is 2.88. The molecule has 2 heterocycles. The van der Waals surface area contributed by atoms with Gasteiger partial charge in [0, 0.05) is 19.1 Å². The monoisotopic (exact) mass is 305 g/mol. The number of halogens is 1. The van der Waals surface area contributed by atoms with Crippen LogP contribution in [-0.4, -0.2) is 40.8 Å². The molecule has 2 aromatic rings. The van der Waals surface area contributed by atoms with Crippen molar-refractivity contribution in [3.05, 3.63) is 34.7 Å². The summed E-state index contributed by atoms with van der Waals surface area (Å²) >= 11 is 0. The number of hydrogen-bond acceptors (Lipinski definition) is 2. The van der Waals surface area contributed by atoms with Gasteiger partial charge in [-0.15, -0.1) is 0 Å². The Labute approximate surface area is 129 Å². The molecule has 1 aromatic carbocycles. The van der Waals surface area contributed by atoms with E-state index in [1.54, 1.807) is 0 Å². The standard InChI is InChI=1S/C17H24FN3O/c18-10-4-1-5-11-20-12-8-14(9-13-20)21-16-7-3-2-6-15(16)19-17(21)22/h2-3,6-7,14H,1,4-5,8-13H2,(H,19,22). The van der Waals surface area contributed by atoms with Crippen LogP contribution in [0.1, 0.15) is 38.1 Å². The van der Waals surface area contributed by atoms with Gasteiger partial charge in [-0.3, -0.25) is 8.96 Å². The molecule has 0 atom stereocenters. The first-order valence-corrected chi connectivity index (χ1v) is 8.27. The molecule has 1 fully saturated rings. The Morgan fingerprint density at radius 2 is 1.91 bits per heavy atom. The number of aromatic nitrogens is 2. The predicted molar refractivity (Wildman–Crippen MR) is 87.1 cm³/mol. The molecule has 1 aliphatic heterocycles. The van der Waals surface area contributed by atoms with E-state index in [0.717, 1.165) is 56.4 Å². The highest BCUT2D eigenvalue weighted by Gasteiger charge is 2.23. The molecule has 3 rings (SSSR count). The smallest absolute Gasteiger partial charge is 0.306 e. The molecular formula is C17H24FN3O. The van der Waals surface area contributed by atoms with Crippen molar-refractivity contribution >= 4 is 11.0 Å². The number of nitrogens with zero attached hydrogens (tertiary/aromatic N) is 2. The van der Waals surface area contributed by atoms with Gasteiger partial charge in [-0.05, 0) is 50.8 Å². The van der Waals surface area contributed by atoms with Crippen LogP contribution in [0.2, 0.25) is 0 Å². The second-order valence-electron chi connectivity index (χ2n) is 6.14. The number of unbranched alkanes of at least 4 members (excludes halogenated alkanes) is 2. The summed E-state index contributed by atoms with van der Waals surface area (Å²) in [6, 6.07) is 8.17. The van der Waals surface area contributed by atoms with Crippen molar-refractivity contribution in [2.45, 2.75) is 38.1 Å². The van der Waals surface area contributed by atoms with Crippen LogP contribution in [0.4, 0.5) is 4.39 Å². The second kappa shape index (κ2) is 7.09. The first kappa shape index (κ1) is 15.3. The van der Waals surface area contributed by atoms with Gasteiger partial charge in [0.25, 0.3) is 0 Å². The minimum atomic E-state index is -0.203. The first-order chi connectivity index (χ1) is 10.8. The van der Waals surface area contributed by atoms with Gasteiger partial charge in [0.15, 0.2) is 0 Å². The summed E-state index contributed by atoms with van der Waals surface area (Å²) in [5.41, 5.74) is 1.93. The summed E-state index contributed by atoms with van der Waals surface area (Å²) < 4.78 is 14.0. The van der Waals surface area contributed by atoms with Crippen molar-refractivity contribution in [1.82, 2.24) is 14.5 Å². The van der Waals surface area contributed by atoms with Crippen LogP contribution < -0.4 is 5.69 Å². The fourth-order valence-electron chi connectivity index (χ4n) is 3.44. The highest BCUT2D eigenvalue weighted by Crippen LogP contribution is 2.24. The summed E-state index contributed by atoms with van der Waals surface area (Å²) in [4.78, 5) is 17.6. The van der Waals surface area contributed by atoms with Gasteiger partial charge in [0.05, 0.1) is 17.7 Å². The molecule has 0 aliphatic carbocycles. The number of hydrogen-bond donors (Lipinski definition) is 1. The Morgan fingerprint density at radius 1 is 1.14 bits per heavy atom. The normalized spacial score (nSPS) is 17.3. The van der Waals surface area contributed by atoms with E-state index in [1.165, 1.54) is 0 Å². The van der Waals surface area contributed by atoms with Crippen LogP contribution in [0.25, 0.3) is 11.0 Å². The Bertz CT molecular complexity index is 655. The molecular weight excluding hydrogens is 281 g/mol. The Morgan fingerprint density at radius 3 is 2.68 bits per heavy atom. The van der Waals surface area contributed by atoms with Gasteiger partial charge in [-0.2, -0.15) is 0 Å². The van der Waals surface area contributed by atoms with Crippen molar-refractivity contribution in [3.8, 4) is 0 Å². The minimum absolute atomic E-state index is 0.00240. The fourth-order valence-corrected chi connectivity index (χ4v) is 3.44. The molecule has 1 saturated heterocycles. The van der Waals surface area contributed by atoms with Gasteiger partial charge in [-0.25, -0.2) is 4.79 Å². The van der Waals surface area contributed by atoms with Crippen LogP contribution in [0.15, 0.2) is 29.1 Å². The van der Waals surface area contributed by atoms with Crippen LogP contribution in [0.5, 0.6) is 0 Å². The molecule has 1 aromatic heterocycles. The van der Waals surface area contributed by atoms with Gasteiger partial charge in [0.1, 0.15) is 0 Å². The summed E-state index contributed by atoms with van der Waals surface area (Å²) in [7, 11) is 0. The van der Waals surface area contributed by atoms with Crippen LogP contribution in [0, 0.1) is 0 Å². The average molecular weight is 305 g/mol. The summed E-state index contributed by atoms with van der Waals surface area (Å²) in [5, 5.41) is 0. The predicted octanol–water partition coefficient (Wildman–Crippen LogP) is 3.11. The summed E-state index contributed by atoms with van der Waals surface area (Å²) in [6.07, 6.45) is 4.73. The number of aromatic amines is 1. The first-order valence-electron chi connectivity index (χ1n) is 8.27. The lowest BCUT2D eigenvalue weighted by Gasteiger charge is -2.32. The third-order valence-corrected chi connectivity index (χ3v) is 4.65. The molecule has 5 heteroatoms. The molecule has 1 N–H and O–H groups in total. The van der Waals surface area contributed by atoms with E-state index in [4.69, 9.17) is 0 Å². The zero-order valence-corrected chi connectivity index (χ0v) is 12.9. The van der Waals surface area contributed by atoms with E-state index in [9.17, 15) is 9.18 Å². The van der Waals surface area contributed by atoms with Gasteiger partial charge < -0.3 is 9.88 Å². The number of para-hydroxylation sites is 2. The molecule has 0 unspecified atom stereocenters. The maximum Gasteiger partial charge on any atom is 0.326 e. The number of alkyl halides is 1. The van der Waals surface area contributed by atoms with Gasteiger partial charge >= 0.3 is 5.69 Å². The molecule has 0 spiro atoms. The number of imidazole rings is 1. The molecule has 1 aliphatic rings. The van der Waals surface area contributed by atoms with Gasteiger partial charge in [-0.1, -0.05) is 12.1 Å². The van der Waals surface area contributed by atoms with E-state index in [0.29, 0.717) is 6.42 Å². The third-order valence-electron chi connectivity index (χ3n) is 4.65. The molecule has 4 nitrogen and oxygen atoms in total. The number of H-pyrrole nitrogens is 1. The van der Waals surface area contributed by atoms with E-state index in [2.05, 4.69) is 9.88 Å². The number of piperidine rings is 1. The molecule has 0 radical (unpaired) electrons. The fraction of sp³-hybridized carbons (Fsp3) is 0.588. The maximum absolute atomic E-state index is 12.2. The summed E-state index contributed by atoms with van der Waals surface area (Å²) in [6.45, 7) is 2.89. The van der Waals surface area contributed by atoms with Crippen LogP contribution in [-0.2, 0) is 0 Å². The van der Waals surface area contributed by atoms with E-state index in [1.807, 2.05) is 28.8 Å². The zero-order valence-electron chi connectivity index (χ0n) is 12.9. The Kier molecular flexibility index (Phi) is 4.93. The highest BCUT2D eigenvalue weighted by atomic mass is 19.1. The van der Waals surface area contributed by atoms with E-state index >= 15 is 0 Å². The van der Waals surface area contributed by atoms with Crippen molar-refractivity contribution < 1.29 is 4.39 Å². The van der Waals surface area contributed by atoms with Crippen molar-refractivity contribution in [1.29, 1.82) is 0 Å². The van der Waals surface area contributed by atoms with Gasteiger partial charge in [0.2, 0.25) is 0 Å². The van der Waals surface area contributed by atoms with Crippen molar-refractivity contribution in [2.24, 2.45) is 0 Å². The minimum Gasteiger partial charge on any atom is -0.306 e. The number of fused-ring (bicyclic) bond motifs is 1. The number of benzene rings is 1. The third kappa shape index (κ3) is 3.24. The Balaban J connectivity index is 1.61. The molecule has 0 amide bonds. The molecule has 0 bridgehead atoms. The Hall–Kier alpha value is -1.62. The largest absolute Gasteiger partial charge is 0.326 e. The zero-order chi connectivity index (χ0) is 15.4. The van der Waals surface area contributed by atoms with E-state index in [-0.39, 0.29) is 18.4 Å². The van der Waals surface area contributed by atoms with Crippen molar-refractivity contribution in [3.63, 3.8) is 0 Å². The maximum atomic E-state index is 12.2. The number of rotatable bonds is 6. The lowest BCUT2D eigenvalue weighted by atomic mass is 10.0. The molecule has 0 saturated carbocycles. The summed E-state index contributed by atoms with van der Waals surface area (Å²) in [5.74, 6) is 0. The highest BCUT2D eigenvalue weighted by molar-refractivity contribution is 5.75. The van der Waals surface area contributed by atoms with Crippen molar-refractivity contribution in [2.75, 3.05) is 26.3 Å². The number of nitrogens with one attached hydrogen (secondary N) is 1. The molecule has 120 valence electrons. The lowest BCUT2D eigenvalue weighted by molar-refractivity contribution is 0.183. The SMILES string of the molecule is O=c1[nH]c2ccccc2n1C1CCN(CCCCCF)CC1. The van der Waals surface area contributed by atoms with Crippen LogP contribution >= 0.6 is 0 Å². The number of likely N-dealkylation sites (tertiary alicyclic amines) is 1. The quantitative estimate of drug-likeness (QED) is 0.833. The lowest BCUT2D eigenvalue weighted by Crippen LogP contribution is -2.37.